The van der Waals surface area contributed by atoms with E-state index in [1.807, 2.05) is 31.2 Å². The number of rotatable bonds is 0. The molecule has 13 heavy (non-hydrogen) atoms. The highest BCUT2D eigenvalue weighted by molar-refractivity contribution is 6.22. The highest BCUT2D eigenvalue weighted by atomic mass is 16.1. The van der Waals surface area contributed by atoms with Gasteiger partial charge in [0.2, 0.25) is 0 Å². The predicted molar refractivity (Wildman–Crippen MR) is 53.4 cm³/mol. The Kier molecular flexibility index (Phi) is 2.01. The highest BCUT2D eigenvalue weighted by Crippen LogP contribution is 2.27. The Bertz CT molecular complexity index is 374. The molecule has 0 aliphatic heterocycles. The topological polar surface area (TPSA) is 17.1 Å². The molecule has 0 unspecified atom stereocenters. The first-order chi connectivity index (χ1) is 6.33. The molecule has 1 aromatic rings. The summed E-state index contributed by atoms with van der Waals surface area (Å²) in [6.45, 7) is 1.93. The van der Waals surface area contributed by atoms with Crippen LogP contribution in [0.3, 0.4) is 0 Å². The van der Waals surface area contributed by atoms with E-state index in [4.69, 9.17) is 0 Å². The van der Waals surface area contributed by atoms with Crippen molar-refractivity contribution in [3.8, 4) is 0 Å². The van der Waals surface area contributed by atoms with E-state index in [-0.39, 0.29) is 5.78 Å². The second-order valence-electron chi connectivity index (χ2n) is 3.28. The Morgan fingerprint density at radius 2 is 2.00 bits per heavy atom. The van der Waals surface area contributed by atoms with Crippen LogP contribution >= 0.6 is 0 Å². The first-order valence-electron chi connectivity index (χ1n) is 4.60. The van der Waals surface area contributed by atoms with Gasteiger partial charge in [-0.05, 0) is 24.5 Å². The molecule has 0 fully saturated rings. The monoisotopic (exact) mass is 172 g/mol. The molecule has 2 rings (SSSR count). The van der Waals surface area contributed by atoms with Crippen molar-refractivity contribution in [3.63, 3.8) is 0 Å². The molecule has 1 nitrogen and oxygen atoms in total. The van der Waals surface area contributed by atoms with Crippen LogP contribution in [-0.4, -0.2) is 5.78 Å². The van der Waals surface area contributed by atoms with E-state index in [0.717, 1.165) is 17.6 Å². The molecule has 1 aliphatic rings. The second kappa shape index (κ2) is 3.17. The maximum absolute atomic E-state index is 11.5. The van der Waals surface area contributed by atoms with Crippen molar-refractivity contribution in [2.45, 2.75) is 19.8 Å². The van der Waals surface area contributed by atoms with Gasteiger partial charge in [0.1, 0.15) is 0 Å². The maximum Gasteiger partial charge on any atom is 0.163 e. The van der Waals surface area contributed by atoms with Crippen LogP contribution in [0.2, 0.25) is 0 Å². The molecule has 0 amide bonds. The molecule has 0 radical (unpaired) electrons. The third kappa shape index (κ3) is 1.31. The number of hydrogen-bond donors (Lipinski definition) is 0. The number of Topliss-reactive ketones (excluding diaryl/α,β-unsaturated/α-hetero) is 1. The van der Waals surface area contributed by atoms with Crippen molar-refractivity contribution in [2.75, 3.05) is 0 Å². The lowest BCUT2D eigenvalue weighted by molar-refractivity contribution is -0.113. The number of allylic oxidation sites excluding steroid dienone is 2. The molecule has 0 N–H and O–H groups in total. The van der Waals surface area contributed by atoms with Crippen LogP contribution in [0, 0.1) is 0 Å². The van der Waals surface area contributed by atoms with Gasteiger partial charge in [0, 0.05) is 12.0 Å². The first-order valence-corrected chi connectivity index (χ1v) is 4.60. The molecular formula is C12H12O. The lowest BCUT2D eigenvalue weighted by Crippen LogP contribution is -2.11. The Morgan fingerprint density at radius 1 is 1.23 bits per heavy atom. The van der Waals surface area contributed by atoms with Gasteiger partial charge in [0.25, 0.3) is 0 Å². The van der Waals surface area contributed by atoms with Gasteiger partial charge in [-0.15, -0.1) is 0 Å². The third-order valence-electron chi connectivity index (χ3n) is 2.52. The summed E-state index contributed by atoms with van der Waals surface area (Å²) in [4.78, 5) is 11.5. The summed E-state index contributed by atoms with van der Waals surface area (Å²) in [6, 6.07) is 8.15. The minimum absolute atomic E-state index is 0.279. The summed E-state index contributed by atoms with van der Waals surface area (Å²) in [5.74, 6) is 0.279. The molecule has 0 heterocycles. The van der Waals surface area contributed by atoms with Gasteiger partial charge in [-0.25, -0.2) is 0 Å². The number of carbonyl (C=O) groups is 1. The number of benzene rings is 1. The molecular weight excluding hydrogens is 160 g/mol. The van der Waals surface area contributed by atoms with Crippen molar-refractivity contribution in [3.05, 3.63) is 41.5 Å². The van der Waals surface area contributed by atoms with Crippen LogP contribution < -0.4 is 0 Å². The van der Waals surface area contributed by atoms with Crippen molar-refractivity contribution in [1.29, 1.82) is 0 Å². The van der Waals surface area contributed by atoms with Crippen molar-refractivity contribution in [2.24, 2.45) is 0 Å². The Balaban J connectivity index is 2.58. The average molecular weight is 172 g/mol. The molecule has 0 saturated heterocycles. The van der Waals surface area contributed by atoms with Gasteiger partial charge in [0.15, 0.2) is 5.78 Å². The van der Waals surface area contributed by atoms with E-state index in [0.29, 0.717) is 6.42 Å². The SMILES string of the molecule is C/C=C1\C(=O)CCc2ccccc21. The number of fused-ring (bicyclic) bond motifs is 1. The summed E-state index contributed by atoms with van der Waals surface area (Å²) in [5.41, 5.74) is 3.32. The van der Waals surface area contributed by atoms with Crippen LogP contribution in [0.15, 0.2) is 30.3 Å². The summed E-state index contributed by atoms with van der Waals surface area (Å²) >= 11 is 0. The number of carbonyl (C=O) groups excluding carboxylic acids is 1. The van der Waals surface area contributed by atoms with Crippen LogP contribution in [0.5, 0.6) is 0 Å². The largest absolute Gasteiger partial charge is 0.294 e. The van der Waals surface area contributed by atoms with E-state index in [9.17, 15) is 4.79 Å². The highest BCUT2D eigenvalue weighted by Gasteiger charge is 2.19. The summed E-state index contributed by atoms with van der Waals surface area (Å²) in [5, 5.41) is 0. The molecule has 1 aromatic carbocycles. The third-order valence-corrected chi connectivity index (χ3v) is 2.52. The van der Waals surface area contributed by atoms with Crippen molar-refractivity contribution >= 4 is 11.4 Å². The number of hydrogen-bond acceptors (Lipinski definition) is 1. The molecule has 0 bridgehead atoms. The quantitative estimate of drug-likeness (QED) is 0.550. The molecule has 1 heteroatoms. The Labute approximate surface area is 78.1 Å². The molecule has 0 spiro atoms. The first kappa shape index (κ1) is 8.24. The average Bonchev–Trinajstić information content (AvgIpc) is 2.18. The van der Waals surface area contributed by atoms with E-state index in [1.54, 1.807) is 0 Å². The Morgan fingerprint density at radius 3 is 2.77 bits per heavy atom. The van der Waals surface area contributed by atoms with Gasteiger partial charge in [-0.2, -0.15) is 0 Å². The normalized spacial score (nSPS) is 18.8. The fourth-order valence-corrected chi connectivity index (χ4v) is 1.85. The fraction of sp³-hybridized carbons (Fsp3) is 0.250. The Hall–Kier alpha value is -1.37. The standard InChI is InChI=1S/C12H12O/c1-2-10-11-6-4-3-5-9(11)7-8-12(10)13/h2-6H,7-8H2,1H3/b10-2-. The second-order valence-corrected chi connectivity index (χ2v) is 3.28. The van der Waals surface area contributed by atoms with E-state index < -0.39 is 0 Å². The van der Waals surface area contributed by atoms with Gasteiger partial charge < -0.3 is 0 Å². The molecule has 0 atom stereocenters. The van der Waals surface area contributed by atoms with Crippen molar-refractivity contribution in [1.82, 2.24) is 0 Å². The molecule has 1 aliphatic carbocycles. The zero-order valence-corrected chi connectivity index (χ0v) is 7.71. The predicted octanol–water partition coefficient (Wildman–Crippen LogP) is 2.61. The van der Waals surface area contributed by atoms with E-state index >= 15 is 0 Å². The maximum atomic E-state index is 11.5. The number of ketones is 1. The minimum Gasteiger partial charge on any atom is -0.294 e. The molecule has 0 saturated carbocycles. The van der Waals surface area contributed by atoms with Gasteiger partial charge in [-0.1, -0.05) is 30.3 Å². The van der Waals surface area contributed by atoms with Crippen LogP contribution in [-0.2, 0) is 11.2 Å². The zero-order valence-electron chi connectivity index (χ0n) is 7.71. The van der Waals surface area contributed by atoms with Crippen LogP contribution in [0.4, 0.5) is 0 Å². The van der Waals surface area contributed by atoms with E-state index in [2.05, 4.69) is 6.07 Å². The summed E-state index contributed by atoms with van der Waals surface area (Å²) in [6.07, 6.45) is 3.48. The van der Waals surface area contributed by atoms with E-state index in [1.165, 1.54) is 5.56 Å². The smallest absolute Gasteiger partial charge is 0.163 e. The van der Waals surface area contributed by atoms with Gasteiger partial charge >= 0.3 is 0 Å². The summed E-state index contributed by atoms with van der Waals surface area (Å²) in [7, 11) is 0. The van der Waals surface area contributed by atoms with Gasteiger partial charge in [-0.3, -0.25) is 4.79 Å². The molecule has 0 aromatic heterocycles. The minimum atomic E-state index is 0.279. The van der Waals surface area contributed by atoms with Crippen LogP contribution in [0.25, 0.3) is 5.57 Å². The number of aryl methyl sites for hydroxylation is 1. The summed E-state index contributed by atoms with van der Waals surface area (Å²) < 4.78 is 0. The fourth-order valence-electron chi connectivity index (χ4n) is 1.85. The van der Waals surface area contributed by atoms with Crippen molar-refractivity contribution < 1.29 is 4.79 Å². The van der Waals surface area contributed by atoms with Crippen LogP contribution in [0.1, 0.15) is 24.5 Å². The molecule has 66 valence electrons. The lowest BCUT2D eigenvalue weighted by atomic mass is 9.86. The zero-order chi connectivity index (χ0) is 9.26. The van der Waals surface area contributed by atoms with Gasteiger partial charge in [0.05, 0.1) is 0 Å². The lowest BCUT2D eigenvalue weighted by Gasteiger charge is -2.17.